The fourth-order valence-corrected chi connectivity index (χ4v) is 5.48. The van der Waals surface area contributed by atoms with Crippen LogP contribution in [-0.4, -0.2) is 34.6 Å². The van der Waals surface area contributed by atoms with Crippen molar-refractivity contribution in [1.82, 2.24) is 4.72 Å². The average Bonchev–Trinajstić information content (AvgIpc) is 2.72. The van der Waals surface area contributed by atoms with Crippen LogP contribution < -0.4 is 10.0 Å². The van der Waals surface area contributed by atoms with Gasteiger partial charge >= 0.3 is 6.18 Å². The molecule has 0 aliphatic carbocycles. The molecule has 7 nitrogen and oxygen atoms in total. The summed E-state index contributed by atoms with van der Waals surface area (Å²) in [6.07, 6.45) is -4.88. The molecule has 1 unspecified atom stereocenters. The van der Waals surface area contributed by atoms with E-state index in [1.807, 2.05) is 0 Å². The summed E-state index contributed by atoms with van der Waals surface area (Å²) in [4.78, 5) is 12.9. The molecule has 2 atom stereocenters. The fourth-order valence-electron chi connectivity index (χ4n) is 2.83. The molecular weight excluding hydrogens is 510 g/mol. The molecule has 0 saturated heterocycles. The van der Waals surface area contributed by atoms with Crippen LogP contribution in [0.1, 0.15) is 38.8 Å². The number of benzene rings is 2. The predicted octanol–water partition coefficient (Wildman–Crippen LogP) is 3.94. The quantitative estimate of drug-likeness (QED) is 0.413. The number of carbonyl (C=O) groups excluding carboxylic acids is 1. The average molecular weight is 534 g/mol. The first-order valence-corrected chi connectivity index (χ1v) is 12.8. The van der Waals surface area contributed by atoms with E-state index in [4.69, 9.17) is 5.26 Å². The van der Waals surface area contributed by atoms with E-state index in [2.05, 4.69) is 10.0 Å². The van der Waals surface area contributed by atoms with Gasteiger partial charge in [0.1, 0.15) is 11.4 Å². The van der Waals surface area contributed by atoms with Crippen LogP contribution in [0.4, 0.5) is 23.2 Å². The Balaban J connectivity index is 2.49. The zero-order chi connectivity index (χ0) is 26.8. The molecule has 0 aromatic heterocycles. The first kappa shape index (κ1) is 28.4. The molecule has 2 aromatic rings. The summed E-state index contributed by atoms with van der Waals surface area (Å²) >= 11 is 0. The van der Waals surface area contributed by atoms with Gasteiger partial charge < -0.3 is 5.32 Å². The van der Waals surface area contributed by atoms with Crippen LogP contribution in [0.5, 0.6) is 0 Å². The minimum absolute atomic E-state index is 0.306. The number of alkyl halides is 3. The topological polar surface area (TPSA) is 116 Å². The Bertz CT molecular complexity index is 1280. The normalized spacial score (nSPS) is 15.1. The van der Waals surface area contributed by atoms with Gasteiger partial charge in [-0.2, -0.15) is 18.4 Å². The smallest absolute Gasteiger partial charge is 0.324 e. The summed E-state index contributed by atoms with van der Waals surface area (Å²) in [5.41, 5.74) is -4.39. The number of halogens is 4. The Hall–Kier alpha value is -2.82. The molecule has 2 N–H and O–H groups in total. The highest BCUT2D eigenvalue weighted by Crippen LogP contribution is 2.34. The van der Waals surface area contributed by atoms with Crippen molar-refractivity contribution < 1.29 is 35.0 Å². The number of hydrogen-bond acceptors (Lipinski definition) is 5. The standard InChI is InChI=1S/C22H23F4N3O4S2/c1-20(2,3)34(31)29-21(4,13-35(32,33)17-9-6-15(23)7-10-17)19(30)28-16-8-5-14(12-27)18(11-16)22(24,25)26/h5-11,29H,13H2,1-4H3,(H,28,30)/t21?,34-/m1/s1. The zero-order valence-electron chi connectivity index (χ0n) is 19.2. The molecular formula is C22H23F4N3O4S2. The number of nitrogens with one attached hydrogen (secondary N) is 2. The van der Waals surface area contributed by atoms with E-state index in [1.165, 1.54) is 6.07 Å². The van der Waals surface area contributed by atoms with E-state index in [9.17, 15) is 35.0 Å². The molecule has 0 spiro atoms. The Kier molecular flexibility index (Phi) is 8.15. The summed E-state index contributed by atoms with van der Waals surface area (Å²) in [7, 11) is -6.21. The first-order chi connectivity index (χ1) is 15.9. The maximum atomic E-state index is 13.3. The fraction of sp³-hybridized carbons (Fsp3) is 0.364. The van der Waals surface area contributed by atoms with Crippen LogP contribution in [-0.2, 0) is 31.8 Å². The summed E-state index contributed by atoms with van der Waals surface area (Å²) < 4.78 is 93.5. The largest absolute Gasteiger partial charge is 0.417 e. The lowest BCUT2D eigenvalue weighted by Crippen LogP contribution is -2.59. The van der Waals surface area contributed by atoms with Crippen molar-refractivity contribution >= 4 is 32.4 Å². The molecule has 0 aliphatic heterocycles. The van der Waals surface area contributed by atoms with Crippen molar-refractivity contribution in [2.24, 2.45) is 0 Å². The maximum absolute atomic E-state index is 13.3. The number of amides is 1. The molecule has 0 radical (unpaired) electrons. The second-order valence-corrected chi connectivity index (χ2v) is 12.8. The number of carbonyl (C=O) groups is 1. The molecule has 190 valence electrons. The zero-order valence-corrected chi connectivity index (χ0v) is 20.8. The van der Waals surface area contributed by atoms with Crippen molar-refractivity contribution in [1.29, 1.82) is 5.26 Å². The van der Waals surface area contributed by atoms with E-state index in [-0.39, 0.29) is 10.6 Å². The molecule has 2 rings (SSSR count). The Morgan fingerprint density at radius 3 is 2.11 bits per heavy atom. The molecule has 0 heterocycles. The van der Waals surface area contributed by atoms with Crippen molar-refractivity contribution in [3.8, 4) is 6.07 Å². The summed E-state index contributed by atoms with van der Waals surface area (Å²) in [5.74, 6) is -2.71. The van der Waals surface area contributed by atoms with Gasteiger partial charge in [0.15, 0.2) is 9.84 Å². The minimum atomic E-state index is -4.88. The highest BCUT2D eigenvalue weighted by Gasteiger charge is 2.42. The van der Waals surface area contributed by atoms with Crippen LogP contribution in [0.3, 0.4) is 0 Å². The molecule has 35 heavy (non-hydrogen) atoms. The second-order valence-electron chi connectivity index (χ2n) is 8.85. The SMILES string of the molecule is CC(CS(=O)(=O)c1ccc(F)cc1)(N[S@](=O)C(C)(C)C)C(=O)Nc1ccc(C#N)c(C(F)(F)F)c1. The number of sulfone groups is 1. The van der Waals surface area contributed by atoms with E-state index in [0.29, 0.717) is 6.07 Å². The lowest BCUT2D eigenvalue weighted by molar-refractivity contribution is -0.137. The molecule has 0 bridgehead atoms. The minimum Gasteiger partial charge on any atom is -0.324 e. The van der Waals surface area contributed by atoms with Gasteiger partial charge in [0.2, 0.25) is 5.91 Å². The number of hydrogen-bond donors (Lipinski definition) is 2. The van der Waals surface area contributed by atoms with Gasteiger partial charge in [0.25, 0.3) is 0 Å². The van der Waals surface area contributed by atoms with Crippen molar-refractivity contribution in [3.63, 3.8) is 0 Å². The molecule has 1 amide bonds. The molecule has 0 saturated carbocycles. The lowest BCUT2D eigenvalue weighted by Gasteiger charge is -2.32. The number of nitriles is 1. The Labute approximate surface area is 203 Å². The van der Waals surface area contributed by atoms with E-state index in [0.717, 1.165) is 43.3 Å². The second kappa shape index (κ2) is 10.0. The van der Waals surface area contributed by atoms with Crippen LogP contribution in [0, 0.1) is 17.1 Å². The maximum Gasteiger partial charge on any atom is 0.417 e. The number of anilines is 1. The van der Waals surface area contributed by atoms with E-state index >= 15 is 0 Å². The van der Waals surface area contributed by atoms with Gasteiger partial charge in [-0.3, -0.25) is 4.79 Å². The first-order valence-electron chi connectivity index (χ1n) is 10.00. The molecule has 0 fully saturated rings. The highest BCUT2D eigenvalue weighted by atomic mass is 32.2. The third-order valence-electron chi connectivity index (χ3n) is 4.73. The number of rotatable bonds is 7. The number of nitrogens with zero attached hydrogens (tertiary/aromatic N) is 1. The lowest BCUT2D eigenvalue weighted by atomic mass is 10.0. The van der Waals surface area contributed by atoms with E-state index in [1.54, 1.807) is 20.8 Å². The highest BCUT2D eigenvalue weighted by molar-refractivity contribution is 7.91. The van der Waals surface area contributed by atoms with Gasteiger partial charge in [-0.1, -0.05) is 0 Å². The Morgan fingerprint density at radius 2 is 1.63 bits per heavy atom. The van der Waals surface area contributed by atoms with Crippen LogP contribution in [0.2, 0.25) is 0 Å². The molecule has 0 aliphatic rings. The molecule has 13 heteroatoms. The third-order valence-corrected chi connectivity index (χ3v) is 8.43. The van der Waals surface area contributed by atoms with Crippen LogP contribution >= 0.6 is 0 Å². The van der Waals surface area contributed by atoms with Gasteiger partial charge in [-0.15, -0.1) is 0 Å². The summed E-state index contributed by atoms with van der Waals surface area (Å²) in [6.45, 7) is 5.85. The van der Waals surface area contributed by atoms with Crippen molar-refractivity contribution in [2.75, 3.05) is 11.1 Å². The monoisotopic (exact) mass is 533 g/mol. The van der Waals surface area contributed by atoms with Crippen molar-refractivity contribution in [2.45, 2.75) is 49.1 Å². The summed E-state index contributed by atoms with van der Waals surface area (Å²) in [5, 5.41) is 11.2. The van der Waals surface area contributed by atoms with E-state index < -0.39 is 65.9 Å². The Morgan fingerprint density at radius 1 is 1.06 bits per heavy atom. The van der Waals surface area contributed by atoms with Gasteiger partial charge in [0.05, 0.1) is 43.6 Å². The molecule has 2 aromatic carbocycles. The third kappa shape index (κ3) is 7.09. The van der Waals surface area contributed by atoms with Crippen LogP contribution in [0.25, 0.3) is 0 Å². The van der Waals surface area contributed by atoms with Crippen LogP contribution in [0.15, 0.2) is 47.4 Å². The summed E-state index contributed by atoms with van der Waals surface area (Å²) in [6, 6.07) is 7.72. The van der Waals surface area contributed by atoms with Gasteiger partial charge in [-0.05, 0) is 70.2 Å². The predicted molar refractivity (Wildman–Crippen MR) is 123 cm³/mol. The van der Waals surface area contributed by atoms with Gasteiger partial charge in [-0.25, -0.2) is 21.7 Å². The van der Waals surface area contributed by atoms with Crippen molar-refractivity contribution in [3.05, 3.63) is 59.4 Å². The van der Waals surface area contributed by atoms with Gasteiger partial charge in [0, 0.05) is 5.69 Å².